The normalized spacial score (nSPS) is 14.8. The molecule has 0 spiro atoms. The van der Waals surface area contributed by atoms with Gasteiger partial charge in [0, 0.05) is 33.2 Å². The van der Waals surface area contributed by atoms with Gasteiger partial charge in [-0.25, -0.2) is 19.0 Å². The van der Waals surface area contributed by atoms with Crippen LogP contribution < -0.4 is 10.1 Å². The molecule has 2 atom stereocenters. The second kappa shape index (κ2) is 16.7. The molecule has 4 aromatic carbocycles. The molecule has 1 aliphatic heterocycles. The maximum absolute atomic E-state index is 13.9. The first-order valence-electron chi connectivity index (χ1n) is 16.5. The summed E-state index contributed by atoms with van der Waals surface area (Å²) in [5, 5.41) is 7.80. The first kappa shape index (κ1) is 36.4. The number of nitrogens with one attached hydrogen (secondary N) is 1. The monoisotopic (exact) mass is 692 g/mol. The van der Waals surface area contributed by atoms with Crippen molar-refractivity contribution in [3.8, 4) is 18.1 Å². The molecule has 51 heavy (non-hydrogen) atoms. The first-order valence-corrected chi connectivity index (χ1v) is 16.5. The van der Waals surface area contributed by atoms with Gasteiger partial charge in [-0.3, -0.25) is 9.59 Å². The minimum atomic E-state index is -0.752. The fourth-order valence-electron chi connectivity index (χ4n) is 6.17. The van der Waals surface area contributed by atoms with Crippen LogP contribution in [0.5, 0.6) is 5.75 Å². The Labute approximate surface area is 297 Å². The van der Waals surface area contributed by atoms with Gasteiger partial charge in [-0.1, -0.05) is 72.7 Å². The zero-order chi connectivity index (χ0) is 36.5. The predicted molar refractivity (Wildman–Crippen MR) is 191 cm³/mol. The maximum Gasteiger partial charge on any atom is 0.414 e. The quantitative estimate of drug-likeness (QED) is 0.159. The lowest BCUT2D eigenvalue weighted by Gasteiger charge is -2.40. The highest BCUT2D eigenvalue weighted by Gasteiger charge is 2.45. The van der Waals surface area contributed by atoms with Crippen LogP contribution in [-0.2, 0) is 29.1 Å². The number of ether oxygens (including phenoxy) is 1. The highest BCUT2D eigenvalue weighted by atomic mass is 19.1. The molecule has 5 amide bonds. The van der Waals surface area contributed by atoms with Crippen molar-refractivity contribution in [2.45, 2.75) is 38.6 Å². The smallest absolute Gasteiger partial charge is 0.410 e. The Morgan fingerprint density at radius 1 is 1.02 bits per heavy atom. The number of nitrogens with zero attached hydrogens (tertiary/aromatic N) is 5. The van der Waals surface area contributed by atoms with Crippen LogP contribution in [0, 0.1) is 18.2 Å². The molecular formula is C39H41FN6O5. The van der Waals surface area contributed by atoms with Gasteiger partial charge in [-0.15, -0.1) is 6.42 Å². The highest BCUT2D eigenvalue weighted by molar-refractivity contribution is 5.86. The van der Waals surface area contributed by atoms with Crippen molar-refractivity contribution in [2.24, 2.45) is 0 Å². The number of carbonyl (C=O) groups is 4. The number of terminal acetylenes is 1. The highest BCUT2D eigenvalue weighted by Crippen LogP contribution is 2.26. The summed E-state index contributed by atoms with van der Waals surface area (Å²) in [7, 11) is 3.19. The molecule has 0 bridgehead atoms. The third kappa shape index (κ3) is 9.00. The second-order valence-corrected chi connectivity index (χ2v) is 12.6. The Morgan fingerprint density at radius 2 is 1.71 bits per heavy atom. The Balaban J connectivity index is 1.41. The molecule has 0 saturated carbocycles. The van der Waals surface area contributed by atoms with Gasteiger partial charge in [0.05, 0.1) is 19.6 Å². The third-order valence-corrected chi connectivity index (χ3v) is 8.69. The van der Waals surface area contributed by atoms with Gasteiger partial charge in [0.25, 0.3) is 0 Å². The van der Waals surface area contributed by atoms with Crippen molar-refractivity contribution in [1.82, 2.24) is 30.0 Å². The van der Waals surface area contributed by atoms with Gasteiger partial charge in [-0.2, -0.15) is 5.01 Å². The number of amides is 5. The largest absolute Gasteiger partial charge is 0.414 e. The Hall–Kier alpha value is -5.93. The van der Waals surface area contributed by atoms with Crippen LogP contribution in [0.4, 0.5) is 14.0 Å². The fraction of sp³-hybridized carbons (Fsp3) is 0.282. The number of benzene rings is 4. The molecule has 1 fully saturated rings. The first-order chi connectivity index (χ1) is 24.6. The number of hydrogen-bond acceptors (Lipinski definition) is 6. The molecule has 1 saturated heterocycles. The molecule has 1 aliphatic rings. The molecule has 5 rings (SSSR count). The van der Waals surface area contributed by atoms with Gasteiger partial charge in [-0.05, 0) is 65.1 Å². The van der Waals surface area contributed by atoms with E-state index in [2.05, 4.69) is 11.2 Å². The fourth-order valence-corrected chi connectivity index (χ4v) is 6.17. The van der Waals surface area contributed by atoms with Crippen molar-refractivity contribution in [2.75, 3.05) is 33.7 Å². The van der Waals surface area contributed by atoms with Crippen LogP contribution in [0.25, 0.3) is 10.8 Å². The lowest BCUT2D eigenvalue weighted by molar-refractivity contribution is -0.132. The van der Waals surface area contributed by atoms with E-state index in [1.807, 2.05) is 61.5 Å². The van der Waals surface area contributed by atoms with Crippen molar-refractivity contribution in [3.05, 3.63) is 114 Å². The number of hydrogen-bond donors (Lipinski definition) is 1. The summed E-state index contributed by atoms with van der Waals surface area (Å²) in [4.78, 5) is 56.8. The van der Waals surface area contributed by atoms with Gasteiger partial charge in [0.15, 0.2) is 0 Å². The number of rotatable bonds is 13. The summed E-state index contributed by atoms with van der Waals surface area (Å²) in [6.45, 7) is 2.07. The van der Waals surface area contributed by atoms with Crippen molar-refractivity contribution in [1.29, 1.82) is 0 Å². The second-order valence-electron chi connectivity index (χ2n) is 12.6. The lowest BCUT2D eigenvalue weighted by atomic mass is 10.0. The summed E-state index contributed by atoms with van der Waals surface area (Å²) >= 11 is 0. The van der Waals surface area contributed by atoms with E-state index in [9.17, 15) is 23.6 Å². The zero-order valence-electron chi connectivity index (χ0n) is 28.9. The van der Waals surface area contributed by atoms with Crippen LogP contribution in [0.15, 0.2) is 91.0 Å². The summed E-state index contributed by atoms with van der Waals surface area (Å²) in [6.07, 6.45) is 5.68. The Bertz CT molecular complexity index is 1890. The molecule has 11 nitrogen and oxygen atoms in total. The lowest BCUT2D eigenvalue weighted by Crippen LogP contribution is -2.58. The van der Waals surface area contributed by atoms with Crippen LogP contribution in [0.2, 0.25) is 0 Å². The van der Waals surface area contributed by atoms with E-state index in [4.69, 9.17) is 11.2 Å². The van der Waals surface area contributed by atoms with Gasteiger partial charge in [0.1, 0.15) is 17.7 Å². The van der Waals surface area contributed by atoms with E-state index in [1.54, 1.807) is 53.2 Å². The molecule has 1 N–H and O–H groups in total. The number of carbonyl (C=O) groups excluding carboxylic acids is 4. The molecular weight excluding hydrogens is 651 g/mol. The Morgan fingerprint density at radius 3 is 2.39 bits per heavy atom. The van der Waals surface area contributed by atoms with Crippen molar-refractivity contribution >= 4 is 35.2 Å². The van der Waals surface area contributed by atoms with E-state index in [-0.39, 0.29) is 44.7 Å². The third-order valence-electron chi connectivity index (χ3n) is 8.69. The van der Waals surface area contributed by atoms with Gasteiger partial charge < -0.3 is 24.8 Å². The van der Waals surface area contributed by atoms with Crippen LogP contribution >= 0.6 is 0 Å². The molecule has 4 aromatic rings. The summed E-state index contributed by atoms with van der Waals surface area (Å²) in [6, 6.07) is 25.7. The summed E-state index contributed by atoms with van der Waals surface area (Å²) in [5.41, 5.74) is 2.50. The van der Waals surface area contributed by atoms with Crippen molar-refractivity contribution < 1.29 is 28.3 Å². The Kier molecular flexibility index (Phi) is 11.9. The van der Waals surface area contributed by atoms with Crippen molar-refractivity contribution in [3.63, 3.8) is 0 Å². The molecule has 1 heterocycles. The number of fused-ring (bicyclic) bond motifs is 1. The van der Waals surface area contributed by atoms with Crippen LogP contribution in [0.3, 0.4) is 0 Å². The minimum absolute atomic E-state index is 0.0779. The van der Waals surface area contributed by atoms with Gasteiger partial charge >= 0.3 is 12.1 Å². The summed E-state index contributed by atoms with van der Waals surface area (Å²) < 4.78 is 18.8. The topological polar surface area (TPSA) is 106 Å². The number of urea groups is 1. The number of halogens is 1. The standard InChI is InChI=1S/C39H41FN6O5/c1-5-21-44(38(49)41-23-30-13-17-33(40)18-14-30)45-26-37(48)46(28(2)22-29-15-19-34(20-16-29)51-39(50)42(3)4)36(45)25-43(27-47)24-32-11-8-10-31-9-6-7-12-35(31)32/h1,6-20,27-28,36H,21-26H2,2-4H3,(H,41,49)/t28-,36-/m1/s1. The molecule has 0 radical (unpaired) electrons. The maximum atomic E-state index is 13.9. The van der Waals surface area contributed by atoms with Gasteiger partial charge in [0.2, 0.25) is 12.3 Å². The average Bonchev–Trinajstić information content (AvgIpc) is 3.45. The molecule has 0 aliphatic carbocycles. The SMILES string of the molecule is C#CCN(C(=O)NCc1ccc(F)cc1)N1CC(=O)N([C@H](C)Cc2ccc(OC(=O)N(C)C)cc2)[C@@H]1CN(C=O)Cc1cccc2ccccc12. The zero-order valence-corrected chi connectivity index (χ0v) is 28.9. The van der Waals surface area contributed by atoms with E-state index in [1.165, 1.54) is 22.0 Å². The minimum Gasteiger partial charge on any atom is -0.410 e. The van der Waals surface area contributed by atoms with E-state index < -0.39 is 24.1 Å². The summed E-state index contributed by atoms with van der Waals surface area (Å²) in [5.74, 6) is 2.28. The predicted octanol–water partition coefficient (Wildman–Crippen LogP) is 4.86. The molecule has 0 unspecified atom stereocenters. The molecule has 12 heteroatoms. The van der Waals surface area contributed by atoms with E-state index in [0.717, 1.165) is 28.3 Å². The molecule has 264 valence electrons. The van der Waals surface area contributed by atoms with E-state index >= 15 is 0 Å². The van der Waals surface area contributed by atoms with Crippen LogP contribution in [-0.4, -0.2) is 95.1 Å². The number of hydrazine groups is 1. The molecule has 0 aromatic heterocycles. The average molecular weight is 693 g/mol. The van der Waals surface area contributed by atoms with Crippen LogP contribution in [0.1, 0.15) is 23.6 Å². The van der Waals surface area contributed by atoms with E-state index in [0.29, 0.717) is 17.7 Å².